The van der Waals surface area contributed by atoms with Gasteiger partial charge in [0.1, 0.15) is 0 Å². The minimum Gasteiger partial charge on any atom is -0.399 e. The van der Waals surface area contributed by atoms with E-state index in [2.05, 4.69) is 0 Å². The first-order chi connectivity index (χ1) is 7.43. The Kier molecular flexibility index (Phi) is 3.93. The average Bonchev–Trinajstić information content (AvgIpc) is 2.26. The Hall–Kier alpha value is -1.51. The molecule has 88 valence electrons. The van der Waals surface area contributed by atoms with Crippen molar-refractivity contribution in [2.75, 3.05) is 12.8 Å². The first-order valence-corrected chi connectivity index (χ1v) is 5.55. The van der Waals surface area contributed by atoms with Crippen LogP contribution in [0.1, 0.15) is 32.4 Å². The fourth-order valence-corrected chi connectivity index (χ4v) is 1.64. The van der Waals surface area contributed by atoms with Gasteiger partial charge < -0.3 is 10.6 Å². The third-order valence-electron chi connectivity index (χ3n) is 2.82. The highest BCUT2D eigenvalue weighted by Gasteiger charge is 2.19. The van der Waals surface area contributed by atoms with Crippen LogP contribution >= 0.6 is 0 Å². The number of carbonyl (C=O) groups is 1. The number of nitrogen functional groups attached to an aromatic ring is 1. The number of hydrogen-bond donors (Lipinski definition) is 1. The summed E-state index contributed by atoms with van der Waals surface area (Å²) in [4.78, 5) is 13.6. The molecule has 2 N–H and O–H groups in total. The van der Waals surface area contributed by atoms with Gasteiger partial charge >= 0.3 is 0 Å². The summed E-state index contributed by atoms with van der Waals surface area (Å²) in [7, 11) is 1.83. The maximum atomic E-state index is 11.8. The van der Waals surface area contributed by atoms with E-state index in [4.69, 9.17) is 5.73 Å². The third kappa shape index (κ3) is 2.75. The summed E-state index contributed by atoms with van der Waals surface area (Å²) in [6.07, 6.45) is 0. The van der Waals surface area contributed by atoms with Gasteiger partial charge in [0.05, 0.1) is 6.04 Å². The normalized spacial score (nSPS) is 12.6. The molecule has 1 unspecified atom stereocenters. The van der Waals surface area contributed by atoms with Crippen LogP contribution in [0, 0.1) is 5.92 Å². The van der Waals surface area contributed by atoms with Crippen LogP contribution in [0.15, 0.2) is 24.3 Å². The number of nitrogens with zero attached hydrogens (tertiary/aromatic N) is 1. The van der Waals surface area contributed by atoms with Crippen LogP contribution in [0.25, 0.3) is 0 Å². The van der Waals surface area contributed by atoms with Crippen molar-refractivity contribution >= 4 is 11.6 Å². The molecule has 0 aliphatic rings. The fraction of sp³-hybridized carbons (Fsp3) is 0.462. The van der Waals surface area contributed by atoms with Crippen molar-refractivity contribution in [3.05, 3.63) is 29.8 Å². The molecule has 0 spiro atoms. The standard InChI is InChI=1S/C13H20N2O/c1-9(2)13(16)15(4)10(3)11-6-5-7-12(14)8-11/h5-10H,14H2,1-4H3. The van der Waals surface area contributed by atoms with Gasteiger partial charge in [-0.3, -0.25) is 4.79 Å². The molecule has 0 saturated heterocycles. The van der Waals surface area contributed by atoms with Gasteiger partial charge in [-0.05, 0) is 24.6 Å². The summed E-state index contributed by atoms with van der Waals surface area (Å²) in [6, 6.07) is 7.72. The molecule has 0 radical (unpaired) electrons. The molecule has 1 amide bonds. The predicted octanol–water partition coefficient (Wildman–Crippen LogP) is 2.44. The van der Waals surface area contributed by atoms with E-state index in [1.165, 1.54) is 0 Å². The molecule has 0 heterocycles. The minimum atomic E-state index is 0.0218. The number of hydrogen-bond acceptors (Lipinski definition) is 2. The van der Waals surface area contributed by atoms with E-state index in [0.717, 1.165) is 11.3 Å². The highest BCUT2D eigenvalue weighted by Crippen LogP contribution is 2.21. The number of rotatable bonds is 3. The van der Waals surface area contributed by atoms with Crippen molar-refractivity contribution in [1.82, 2.24) is 4.90 Å². The van der Waals surface area contributed by atoms with Gasteiger partial charge in [-0.1, -0.05) is 26.0 Å². The second-order valence-corrected chi connectivity index (χ2v) is 4.45. The zero-order chi connectivity index (χ0) is 12.3. The van der Waals surface area contributed by atoms with Crippen molar-refractivity contribution in [3.8, 4) is 0 Å². The number of nitrogens with two attached hydrogens (primary N) is 1. The molecule has 0 fully saturated rings. The zero-order valence-electron chi connectivity index (χ0n) is 10.4. The molecule has 0 aromatic heterocycles. The molecule has 0 bridgehead atoms. The molecular weight excluding hydrogens is 200 g/mol. The van der Waals surface area contributed by atoms with Crippen LogP contribution in [-0.2, 0) is 4.79 Å². The Balaban J connectivity index is 2.85. The van der Waals surface area contributed by atoms with Gasteiger partial charge in [0.25, 0.3) is 0 Å². The lowest BCUT2D eigenvalue weighted by Crippen LogP contribution is -2.32. The van der Waals surface area contributed by atoms with E-state index in [1.807, 2.05) is 52.1 Å². The molecule has 3 nitrogen and oxygen atoms in total. The van der Waals surface area contributed by atoms with E-state index in [-0.39, 0.29) is 17.9 Å². The van der Waals surface area contributed by atoms with Crippen molar-refractivity contribution in [2.24, 2.45) is 5.92 Å². The molecule has 1 rings (SSSR count). The Morgan fingerprint density at radius 1 is 1.31 bits per heavy atom. The summed E-state index contributed by atoms with van der Waals surface area (Å²) in [5.74, 6) is 0.170. The first-order valence-electron chi connectivity index (χ1n) is 5.55. The maximum absolute atomic E-state index is 11.8. The Morgan fingerprint density at radius 3 is 2.44 bits per heavy atom. The summed E-state index contributed by atoms with van der Waals surface area (Å²) >= 11 is 0. The van der Waals surface area contributed by atoms with Crippen LogP contribution in [0.2, 0.25) is 0 Å². The summed E-state index contributed by atoms with van der Waals surface area (Å²) in [6.45, 7) is 5.82. The first kappa shape index (κ1) is 12.6. The third-order valence-corrected chi connectivity index (χ3v) is 2.82. The van der Waals surface area contributed by atoms with E-state index in [1.54, 1.807) is 4.90 Å². The lowest BCUT2D eigenvalue weighted by atomic mass is 10.0. The molecular formula is C13H20N2O. The van der Waals surface area contributed by atoms with E-state index >= 15 is 0 Å². The second-order valence-electron chi connectivity index (χ2n) is 4.45. The van der Waals surface area contributed by atoms with Gasteiger partial charge in [-0.15, -0.1) is 0 Å². The number of benzene rings is 1. The molecule has 0 saturated carbocycles. The van der Waals surface area contributed by atoms with Crippen LogP contribution in [0.3, 0.4) is 0 Å². The van der Waals surface area contributed by atoms with E-state index in [9.17, 15) is 4.79 Å². The van der Waals surface area contributed by atoms with Crippen LogP contribution < -0.4 is 5.73 Å². The minimum absolute atomic E-state index is 0.0218. The van der Waals surface area contributed by atoms with Crippen molar-refractivity contribution in [1.29, 1.82) is 0 Å². The lowest BCUT2D eigenvalue weighted by molar-refractivity contribution is -0.135. The molecule has 1 atom stereocenters. The van der Waals surface area contributed by atoms with Crippen molar-refractivity contribution in [3.63, 3.8) is 0 Å². The SMILES string of the molecule is CC(C)C(=O)N(C)C(C)c1cccc(N)c1. The summed E-state index contributed by atoms with van der Waals surface area (Å²) in [5.41, 5.74) is 7.53. The largest absolute Gasteiger partial charge is 0.399 e. The van der Waals surface area contributed by atoms with Gasteiger partial charge in [-0.2, -0.15) is 0 Å². The predicted molar refractivity (Wildman–Crippen MR) is 66.9 cm³/mol. The molecule has 1 aromatic rings. The number of anilines is 1. The Bertz CT molecular complexity index is 374. The van der Waals surface area contributed by atoms with Crippen LogP contribution in [0.5, 0.6) is 0 Å². The fourth-order valence-electron chi connectivity index (χ4n) is 1.64. The highest BCUT2D eigenvalue weighted by molar-refractivity contribution is 5.78. The maximum Gasteiger partial charge on any atom is 0.225 e. The Morgan fingerprint density at radius 2 is 1.94 bits per heavy atom. The van der Waals surface area contributed by atoms with E-state index in [0.29, 0.717) is 0 Å². The lowest BCUT2D eigenvalue weighted by Gasteiger charge is -2.27. The topological polar surface area (TPSA) is 46.3 Å². The van der Waals surface area contributed by atoms with Crippen LogP contribution in [-0.4, -0.2) is 17.9 Å². The number of amides is 1. The highest BCUT2D eigenvalue weighted by atomic mass is 16.2. The average molecular weight is 220 g/mol. The summed E-state index contributed by atoms with van der Waals surface area (Å²) in [5, 5.41) is 0. The quantitative estimate of drug-likeness (QED) is 0.795. The van der Waals surface area contributed by atoms with Gasteiger partial charge in [-0.25, -0.2) is 0 Å². The zero-order valence-corrected chi connectivity index (χ0v) is 10.4. The van der Waals surface area contributed by atoms with Gasteiger partial charge in [0, 0.05) is 18.7 Å². The Labute approximate surface area is 97.2 Å². The van der Waals surface area contributed by atoms with Crippen LogP contribution in [0.4, 0.5) is 5.69 Å². The van der Waals surface area contributed by atoms with E-state index < -0.39 is 0 Å². The monoisotopic (exact) mass is 220 g/mol. The molecule has 3 heteroatoms. The number of carbonyl (C=O) groups excluding carboxylic acids is 1. The van der Waals surface area contributed by atoms with Gasteiger partial charge in [0.2, 0.25) is 5.91 Å². The van der Waals surface area contributed by atoms with Gasteiger partial charge in [0.15, 0.2) is 0 Å². The van der Waals surface area contributed by atoms with Crippen molar-refractivity contribution < 1.29 is 4.79 Å². The second kappa shape index (κ2) is 5.01. The summed E-state index contributed by atoms with van der Waals surface area (Å²) < 4.78 is 0. The molecule has 0 aliphatic carbocycles. The smallest absolute Gasteiger partial charge is 0.225 e. The molecule has 1 aromatic carbocycles. The van der Waals surface area contributed by atoms with Crippen molar-refractivity contribution in [2.45, 2.75) is 26.8 Å². The molecule has 16 heavy (non-hydrogen) atoms. The molecule has 0 aliphatic heterocycles.